The van der Waals surface area contributed by atoms with E-state index in [4.69, 9.17) is 0 Å². The summed E-state index contributed by atoms with van der Waals surface area (Å²) in [6.07, 6.45) is 7.34. The molecule has 0 aliphatic carbocycles. The normalized spacial score (nSPS) is 10.8. The highest BCUT2D eigenvalue weighted by molar-refractivity contribution is 5.94. The minimum Gasteiger partial charge on any atom is -0.265 e. The molecule has 0 amide bonds. The summed E-state index contributed by atoms with van der Waals surface area (Å²) in [5.41, 5.74) is 6.18. The van der Waals surface area contributed by atoms with Gasteiger partial charge < -0.3 is 0 Å². The topological polar surface area (TPSA) is 25.8 Å². The van der Waals surface area contributed by atoms with Gasteiger partial charge in [0.05, 0.1) is 0 Å². The Hall–Kier alpha value is -3.00. The van der Waals surface area contributed by atoms with E-state index in [-0.39, 0.29) is 0 Å². The fourth-order valence-corrected chi connectivity index (χ4v) is 3.05. The SMILES string of the molecule is Cc1c(-c2ccncc2)ccc2cc(-c3ccncc3)ccc12. The lowest BCUT2D eigenvalue weighted by atomic mass is 9.94. The molecule has 2 aromatic carbocycles. The lowest BCUT2D eigenvalue weighted by Gasteiger charge is -2.11. The first-order valence-electron chi connectivity index (χ1n) is 7.67. The third kappa shape index (κ3) is 2.49. The van der Waals surface area contributed by atoms with E-state index in [2.05, 4.69) is 59.4 Å². The second kappa shape index (κ2) is 5.65. The summed E-state index contributed by atoms with van der Waals surface area (Å²) in [6, 6.07) is 19.2. The predicted octanol–water partition coefficient (Wildman–Crippen LogP) is 5.27. The molecule has 0 unspecified atom stereocenters. The monoisotopic (exact) mass is 296 g/mol. The number of fused-ring (bicyclic) bond motifs is 1. The van der Waals surface area contributed by atoms with Gasteiger partial charge in [-0.3, -0.25) is 9.97 Å². The van der Waals surface area contributed by atoms with Crippen LogP contribution < -0.4 is 0 Å². The third-order valence-electron chi connectivity index (χ3n) is 4.29. The van der Waals surface area contributed by atoms with Gasteiger partial charge in [0.1, 0.15) is 0 Å². The Balaban J connectivity index is 1.86. The number of rotatable bonds is 2. The second-order valence-electron chi connectivity index (χ2n) is 5.65. The Morgan fingerprint density at radius 2 is 1.26 bits per heavy atom. The van der Waals surface area contributed by atoms with Crippen LogP contribution in [0.1, 0.15) is 5.56 Å². The summed E-state index contributed by atoms with van der Waals surface area (Å²) < 4.78 is 0. The molecule has 0 atom stereocenters. The van der Waals surface area contributed by atoms with E-state index < -0.39 is 0 Å². The maximum atomic E-state index is 4.10. The van der Waals surface area contributed by atoms with E-state index in [0.717, 1.165) is 0 Å². The van der Waals surface area contributed by atoms with E-state index in [1.807, 2.05) is 36.9 Å². The van der Waals surface area contributed by atoms with Crippen molar-refractivity contribution in [2.45, 2.75) is 6.92 Å². The Kier molecular flexibility index (Phi) is 3.35. The van der Waals surface area contributed by atoms with Crippen LogP contribution >= 0.6 is 0 Å². The van der Waals surface area contributed by atoms with Gasteiger partial charge in [-0.25, -0.2) is 0 Å². The summed E-state index contributed by atoms with van der Waals surface area (Å²) >= 11 is 0. The zero-order valence-corrected chi connectivity index (χ0v) is 12.9. The van der Waals surface area contributed by atoms with Crippen LogP contribution in [0.5, 0.6) is 0 Å². The molecule has 0 spiro atoms. The maximum Gasteiger partial charge on any atom is 0.0273 e. The van der Waals surface area contributed by atoms with Crippen molar-refractivity contribution in [3.8, 4) is 22.3 Å². The van der Waals surface area contributed by atoms with Gasteiger partial charge in [0.25, 0.3) is 0 Å². The first-order valence-corrected chi connectivity index (χ1v) is 7.67. The highest BCUT2D eigenvalue weighted by atomic mass is 14.6. The molecular weight excluding hydrogens is 280 g/mol. The van der Waals surface area contributed by atoms with Gasteiger partial charge in [0.2, 0.25) is 0 Å². The van der Waals surface area contributed by atoms with Crippen molar-refractivity contribution in [1.82, 2.24) is 9.97 Å². The van der Waals surface area contributed by atoms with Gasteiger partial charge in [-0.05, 0) is 75.8 Å². The van der Waals surface area contributed by atoms with Crippen molar-refractivity contribution >= 4 is 10.8 Å². The summed E-state index contributed by atoms with van der Waals surface area (Å²) in [4.78, 5) is 8.19. The van der Waals surface area contributed by atoms with Crippen LogP contribution in [-0.2, 0) is 0 Å². The largest absolute Gasteiger partial charge is 0.265 e. The number of pyridine rings is 2. The number of nitrogens with zero attached hydrogens (tertiary/aromatic N) is 2. The fraction of sp³-hybridized carbons (Fsp3) is 0.0476. The Bertz CT molecular complexity index is 961. The molecule has 4 rings (SSSR count). The average Bonchev–Trinajstić information content (AvgIpc) is 2.63. The van der Waals surface area contributed by atoms with Crippen LogP contribution in [0.25, 0.3) is 33.0 Å². The van der Waals surface area contributed by atoms with Crippen molar-refractivity contribution in [3.05, 3.63) is 84.9 Å². The van der Waals surface area contributed by atoms with Crippen molar-refractivity contribution in [2.75, 3.05) is 0 Å². The van der Waals surface area contributed by atoms with Crippen LogP contribution in [-0.4, -0.2) is 9.97 Å². The van der Waals surface area contributed by atoms with Crippen LogP contribution in [0.3, 0.4) is 0 Å². The molecule has 2 aromatic heterocycles. The van der Waals surface area contributed by atoms with E-state index in [1.54, 1.807) is 0 Å². The summed E-state index contributed by atoms with van der Waals surface area (Å²) in [5, 5.41) is 2.55. The number of hydrogen-bond donors (Lipinski definition) is 0. The molecule has 2 heterocycles. The van der Waals surface area contributed by atoms with Gasteiger partial charge in [0.15, 0.2) is 0 Å². The quantitative estimate of drug-likeness (QED) is 0.503. The van der Waals surface area contributed by atoms with Crippen LogP contribution in [0, 0.1) is 6.92 Å². The molecule has 0 saturated carbocycles. The van der Waals surface area contributed by atoms with Crippen molar-refractivity contribution in [3.63, 3.8) is 0 Å². The molecule has 0 N–H and O–H groups in total. The minimum absolute atomic E-state index is 1.19. The highest BCUT2D eigenvalue weighted by Crippen LogP contribution is 2.31. The van der Waals surface area contributed by atoms with Crippen LogP contribution in [0.2, 0.25) is 0 Å². The first kappa shape index (κ1) is 13.6. The first-order chi connectivity index (χ1) is 11.3. The van der Waals surface area contributed by atoms with Crippen molar-refractivity contribution < 1.29 is 0 Å². The average molecular weight is 296 g/mol. The van der Waals surface area contributed by atoms with Gasteiger partial charge >= 0.3 is 0 Å². The molecule has 0 aliphatic heterocycles. The smallest absolute Gasteiger partial charge is 0.0273 e. The van der Waals surface area contributed by atoms with Gasteiger partial charge in [-0.1, -0.05) is 24.3 Å². The Morgan fingerprint density at radius 1 is 0.609 bits per heavy atom. The fourth-order valence-electron chi connectivity index (χ4n) is 3.05. The third-order valence-corrected chi connectivity index (χ3v) is 4.29. The zero-order chi connectivity index (χ0) is 15.6. The molecule has 0 saturated heterocycles. The number of aryl methyl sites for hydroxylation is 1. The van der Waals surface area contributed by atoms with Crippen molar-refractivity contribution in [1.29, 1.82) is 0 Å². The van der Waals surface area contributed by atoms with Gasteiger partial charge in [0, 0.05) is 24.8 Å². The van der Waals surface area contributed by atoms with E-state index in [1.165, 1.54) is 38.6 Å². The minimum atomic E-state index is 1.19. The molecule has 2 nitrogen and oxygen atoms in total. The second-order valence-corrected chi connectivity index (χ2v) is 5.65. The summed E-state index contributed by atoms with van der Waals surface area (Å²) in [5.74, 6) is 0. The van der Waals surface area contributed by atoms with E-state index in [9.17, 15) is 0 Å². The van der Waals surface area contributed by atoms with E-state index in [0.29, 0.717) is 0 Å². The zero-order valence-electron chi connectivity index (χ0n) is 12.9. The number of aromatic nitrogens is 2. The molecular formula is C21H16N2. The molecule has 23 heavy (non-hydrogen) atoms. The number of hydrogen-bond acceptors (Lipinski definition) is 2. The van der Waals surface area contributed by atoms with Gasteiger partial charge in [-0.15, -0.1) is 0 Å². The Labute approximate surface area is 135 Å². The lowest BCUT2D eigenvalue weighted by molar-refractivity contribution is 1.33. The molecule has 0 bridgehead atoms. The molecule has 4 aromatic rings. The number of benzene rings is 2. The summed E-state index contributed by atoms with van der Waals surface area (Å²) in [6.45, 7) is 2.18. The lowest BCUT2D eigenvalue weighted by Crippen LogP contribution is -1.87. The summed E-state index contributed by atoms with van der Waals surface area (Å²) in [7, 11) is 0. The van der Waals surface area contributed by atoms with Gasteiger partial charge in [-0.2, -0.15) is 0 Å². The predicted molar refractivity (Wildman–Crippen MR) is 95.1 cm³/mol. The molecule has 0 aliphatic rings. The standard InChI is InChI=1S/C21H16N2/c1-15-20(17-8-12-23-13-9-17)5-3-19-14-18(2-4-21(15)19)16-6-10-22-11-7-16/h2-14H,1H3. The molecule has 0 radical (unpaired) electrons. The van der Waals surface area contributed by atoms with Crippen molar-refractivity contribution in [2.24, 2.45) is 0 Å². The van der Waals surface area contributed by atoms with Crippen LogP contribution in [0.4, 0.5) is 0 Å². The Morgan fingerprint density at radius 3 is 1.96 bits per heavy atom. The highest BCUT2D eigenvalue weighted by Gasteiger charge is 2.07. The molecule has 0 fully saturated rings. The maximum absolute atomic E-state index is 4.10. The van der Waals surface area contributed by atoms with E-state index >= 15 is 0 Å². The molecule has 110 valence electrons. The molecule has 2 heteroatoms. The van der Waals surface area contributed by atoms with Crippen LogP contribution in [0.15, 0.2) is 79.4 Å².